The fourth-order valence-corrected chi connectivity index (χ4v) is 2.79. The van der Waals surface area contributed by atoms with Gasteiger partial charge in [-0.25, -0.2) is 0 Å². The zero-order chi connectivity index (χ0) is 8.72. The van der Waals surface area contributed by atoms with Gasteiger partial charge in [0.05, 0.1) is 12.7 Å². The van der Waals surface area contributed by atoms with Crippen LogP contribution in [0.4, 0.5) is 0 Å². The molecule has 3 aliphatic heterocycles. The van der Waals surface area contributed by atoms with Gasteiger partial charge in [-0.15, -0.1) is 0 Å². The highest BCUT2D eigenvalue weighted by Gasteiger charge is 2.41. The van der Waals surface area contributed by atoms with Crippen LogP contribution in [0.2, 0.25) is 0 Å². The number of rotatable bonds is 1. The predicted octanol–water partition coefficient (Wildman–Crippen LogP) is 1.65. The summed E-state index contributed by atoms with van der Waals surface area (Å²) in [6.45, 7) is 7.84. The third-order valence-corrected chi connectivity index (χ3v) is 3.31. The molecule has 0 spiro atoms. The molecule has 0 saturated carbocycles. The molecule has 2 heteroatoms. The number of hydrogen-bond acceptors (Lipinski definition) is 2. The third-order valence-electron chi connectivity index (χ3n) is 3.31. The van der Waals surface area contributed by atoms with E-state index in [1.165, 1.54) is 12.8 Å². The number of ether oxygens (including phenoxy) is 1. The molecule has 3 fully saturated rings. The summed E-state index contributed by atoms with van der Waals surface area (Å²) < 4.78 is 5.73. The Balaban J connectivity index is 2.12. The summed E-state index contributed by atoms with van der Waals surface area (Å²) in [6, 6.07) is 2.01. The summed E-state index contributed by atoms with van der Waals surface area (Å²) in [5.74, 6) is 0. The standard InChI is InChI=1S/C10H19NO/c1-7(2)11-8(3)10-5-4-9(11)6-12-10/h7-10H,4-6H2,1-3H3/t8-,9?,10?/m1/s1. The minimum atomic E-state index is 0.511. The van der Waals surface area contributed by atoms with Crippen molar-refractivity contribution in [2.24, 2.45) is 0 Å². The smallest absolute Gasteiger partial charge is 0.0729 e. The molecule has 3 saturated heterocycles. The van der Waals surface area contributed by atoms with Gasteiger partial charge in [0.15, 0.2) is 0 Å². The monoisotopic (exact) mass is 169 g/mol. The van der Waals surface area contributed by atoms with Gasteiger partial charge >= 0.3 is 0 Å². The van der Waals surface area contributed by atoms with Crippen molar-refractivity contribution in [3.8, 4) is 0 Å². The molecule has 3 heterocycles. The number of piperidine rings is 1. The van der Waals surface area contributed by atoms with E-state index in [9.17, 15) is 0 Å². The zero-order valence-electron chi connectivity index (χ0n) is 8.29. The summed E-state index contributed by atoms with van der Waals surface area (Å²) in [6.07, 6.45) is 3.12. The van der Waals surface area contributed by atoms with Crippen LogP contribution in [-0.4, -0.2) is 35.7 Å². The van der Waals surface area contributed by atoms with Crippen molar-refractivity contribution in [1.82, 2.24) is 4.90 Å². The van der Waals surface area contributed by atoms with Crippen LogP contribution in [0.3, 0.4) is 0 Å². The third kappa shape index (κ3) is 1.17. The Morgan fingerprint density at radius 2 is 2.08 bits per heavy atom. The first-order chi connectivity index (χ1) is 5.70. The first-order valence-electron chi connectivity index (χ1n) is 5.09. The highest BCUT2D eigenvalue weighted by atomic mass is 16.5. The maximum atomic E-state index is 5.73. The van der Waals surface area contributed by atoms with Gasteiger partial charge in [-0.1, -0.05) is 0 Å². The topological polar surface area (TPSA) is 12.5 Å². The van der Waals surface area contributed by atoms with E-state index < -0.39 is 0 Å². The summed E-state index contributed by atoms with van der Waals surface area (Å²) in [5, 5.41) is 0. The highest BCUT2D eigenvalue weighted by molar-refractivity contribution is 4.94. The molecule has 0 aromatic heterocycles. The Kier molecular flexibility index (Phi) is 2.13. The second-order valence-corrected chi connectivity index (χ2v) is 4.38. The van der Waals surface area contributed by atoms with E-state index in [1.54, 1.807) is 0 Å². The summed E-state index contributed by atoms with van der Waals surface area (Å²) in [4.78, 5) is 2.62. The van der Waals surface area contributed by atoms with Gasteiger partial charge in [-0.2, -0.15) is 0 Å². The second-order valence-electron chi connectivity index (χ2n) is 4.38. The Morgan fingerprint density at radius 1 is 1.33 bits per heavy atom. The molecule has 12 heavy (non-hydrogen) atoms. The van der Waals surface area contributed by atoms with Gasteiger partial charge in [0.2, 0.25) is 0 Å². The van der Waals surface area contributed by atoms with Crippen LogP contribution in [0.5, 0.6) is 0 Å². The lowest BCUT2D eigenvalue weighted by Crippen LogP contribution is -2.61. The molecule has 2 nitrogen and oxygen atoms in total. The molecule has 2 unspecified atom stereocenters. The van der Waals surface area contributed by atoms with Crippen LogP contribution in [0, 0.1) is 0 Å². The largest absolute Gasteiger partial charge is 0.375 e. The molecule has 0 aliphatic carbocycles. The van der Waals surface area contributed by atoms with E-state index in [2.05, 4.69) is 25.7 Å². The maximum Gasteiger partial charge on any atom is 0.0729 e. The number of fused-ring (bicyclic) bond motifs is 3. The number of hydrogen-bond donors (Lipinski definition) is 0. The molecule has 70 valence electrons. The molecule has 0 radical (unpaired) electrons. The van der Waals surface area contributed by atoms with Gasteiger partial charge < -0.3 is 4.74 Å². The molecule has 3 aliphatic rings. The molecule has 0 N–H and O–H groups in total. The van der Waals surface area contributed by atoms with E-state index in [0.29, 0.717) is 24.2 Å². The summed E-state index contributed by atoms with van der Waals surface area (Å²) >= 11 is 0. The Labute approximate surface area is 74.9 Å². The molecule has 0 amide bonds. The van der Waals surface area contributed by atoms with Crippen LogP contribution in [0.1, 0.15) is 33.6 Å². The van der Waals surface area contributed by atoms with Crippen molar-refractivity contribution in [3.63, 3.8) is 0 Å². The summed E-state index contributed by atoms with van der Waals surface area (Å²) in [5.41, 5.74) is 0. The Bertz CT molecular complexity index is 159. The van der Waals surface area contributed by atoms with E-state index in [1.807, 2.05) is 0 Å². The number of nitrogens with zero attached hydrogens (tertiary/aromatic N) is 1. The van der Waals surface area contributed by atoms with Gasteiger partial charge in [0.25, 0.3) is 0 Å². The molecular formula is C10H19NO. The van der Waals surface area contributed by atoms with E-state index >= 15 is 0 Å². The van der Waals surface area contributed by atoms with Crippen molar-refractivity contribution in [2.45, 2.75) is 57.8 Å². The SMILES string of the molecule is CC(C)N1C2CCC(OC2)[C@H]1C. The zero-order valence-corrected chi connectivity index (χ0v) is 8.29. The Hall–Kier alpha value is -0.0800. The minimum absolute atomic E-state index is 0.511. The first kappa shape index (κ1) is 8.52. The van der Waals surface area contributed by atoms with Gasteiger partial charge in [0, 0.05) is 18.1 Å². The quantitative estimate of drug-likeness (QED) is 0.592. The lowest BCUT2D eigenvalue weighted by molar-refractivity contribution is -0.148. The van der Waals surface area contributed by atoms with Gasteiger partial charge in [-0.05, 0) is 33.6 Å². The molecule has 0 aromatic rings. The van der Waals surface area contributed by atoms with Crippen molar-refractivity contribution in [3.05, 3.63) is 0 Å². The molecule has 3 atom stereocenters. The van der Waals surface area contributed by atoms with Crippen LogP contribution in [0.25, 0.3) is 0 Å². The van der Waals surface area contributed by atoms with Crippen molar-refractivity contribution >= 4 is 0 Å². The number of morpholine rings is 1. The molecule has 0 aromatic carbocycles. The maximum absolute atomic E-state index is 5.73. The molecule has 2 bridgehead atoms. The normalized spacial score (nSPS) is 42.5. The van der Waals surface area contributed by atoms with Gasteiger partial charge in [-0.3, -0.25) is 4.90 Å². The fraction of sp³-hybridized carbons (Fsp3) is 1.00. The Morgan fingerprint density at radius 3 is 2.42 bits per heavy atom. The van der Waals surface area contributed by atoms with E-state index in [4.69, 9.17) is 4.74 Å². The average Bonchev–Trinajstić information content (AvgIpc) is 2.05. The van der Waals surface area contributed by atoms with E-state index in [0.717, 1.165) is 6.61 Å². The van der Waals surface area contributed by atoms with Crippen molar-refractivity contribution in [2.75, 3.05) is 6.61 Å². The van der Waals surface area contributed by atoms with E-state index in [-0.39, 0.29) is 0 Å². The van der Waals surface area contributed by atoms with Crippen LogP contribution in [0.15, 0.2) is 0 Å². The molecule has 3 rings (SSSR count). The average molecular weight is 169 g/mol. The lowest BCUT2D eigenvalue weighted by Gasteiger charge is -2.51. The van der Waals surface area contributed by atoms with Crippen LogP contribution in [-0.2, 0) is 4.74 Å². The molecular weight excluding hydrogens is 150 g/mol. The van der Waals surface area contributed by atoms with Crippen LogP contribution < -0.4 is 0 Å². The first-order valence-corrected chi connectivity index (χ1v) is 5.09. The van der Waals surface area contributed by atoms with Crippen molar-refractivity contribution < 1.29 is 4.74 Å². The lowest BCUT2D eigenvalue weighted by atomic mass is 9.90. The fourth-order valence-electron chi connectivity index (χ4n) is 2.79. The summed E-state index contributed by atoms with van der Waals surface area (Å²) in [7, 11) is 0. The second kappa shape index (κ2) is 3.00. The highest BCUT2D eigenvalue weighted by Crippen LogP contribution is 2.32. The van der Waals surface area contributed by atoms with Crippen molar-refractivity contribution in [1.29, 1.82) is 0 Å². The van der Waals surface area contributed by atoms with Gasteiger partial charge in [0.1, 0.15) is 0 Å². The predicted molar refractivity (Wildman–Crippen MR) is 49.2 cm³/mol. The minimum Gasteiger partial charge on any atom is -0.375 e. The van der Waals surface area contributed by atoms with Crippen LogP contribution >= 0.6 is 0 Å².